The highest BCUT2D eigenvalue weighted by molar-refractivity contribution is 6.31. The molecule has 1 heterocycles. The van der Waals surface area contributed by atoms with Crippen LogP contribution in [0.2, 0.25) is 5.02 Å². The summed E-state index contributed by atoms with van der Waals surface area (Å²) in [4.78, 5) is 4.44. The number of hydrogen-bond acceptors (Lipinski definition) is 4. The molecule has 0 aliphatic heterocycles. The van der Waals surface area contributed by atoms with Crippen molar-refractivity contribution >= 4 is 11.6 Å². The summed E-state index contributed by atoms with van der Waals surface area (Å²) in [5.41, 5.74) is 0.945. The van der Waals surface area contributed by atoms with Gasteiger partial charge in [-0.2, -0.15) is 4.98 Å². The Hall–Kier alpha value is -1.39. The lowest BCUT2D eigenvalue weighted by molar-refractivity contribution is 0.330. The minimum Gasteiger partial charge on any atom is -0.338 e. The van der Waals surface area contributed by atoms with Crippen LogP contribution >= 0.6 is 11.6 Å². The quantitative estimate of drug-likeness (QED) is 0.929. The third-order valence-corrected chi connectivity index (χ3v) is 3.41. The van der Waals surface area contributed by atoms with Crippen molar-refractivity contribution in [1.29, 1.82) is 0 Å². The molecule has 0 bridgehead atoms. The molecule has 0 spiro atoms. The maximum atomic E-state index is 6.13. The van der Waals surface area contributed by atoms with E-state index in [9.17, 15) is 0 Å². The van der Waals surface area contributed by atoms with E-state index in [-0.39, 0.29) is 11.5 Å². The monoisotopic (exact) mass is 293 g/mol. The SMILES string of the molecule is CC(NCc1ccccc1Cl)c1nc(C(C)(C)C)no1. The second-order valence-corrected chi connectivity index (χ2v) is 6.31. The number of benzene rings is 1. The standard InChI is InChI=1S/C15H20ClN3O/c1-10(13-18-14(19-20-13)15(2,3)4)17-9-11-7-5-6-8-12(11)16/h5-8,10,17H,9H2,1-4H3. The van der Waals surface area contributed by atoms with E-state index in [1.54, 1.807) is 0 Å². The number of hydrogen-bond donors (Lipinski definition) is 1. The molecule has 1 N–H and O–H groups in total. The molecule has 0 aliphatic carbocycles. The Morgan fingerprint density at radius 1 is 1.30 bits per heavy atom. The van der Waals surface area contributed by atoms with Gasteiger partial charge in [0.1, 0.15) is 0 Å². The number of halogens is 1. The van der Waals surface area contributed by atoms with Gasteiger partial charge in [-0.05, 0) is 18.6 Å². The van der Waals surface area contributed by atoms with Crippen molar-refractivity contribution in [3.63, 3.8) is 0 Å². The molecule has 1 aromatic carbocycles. The van der Waals surface area contributed by atoms with Crippen LogP contribution in [-0.2, 0) is 12.0 Å². The van der Waals surface area contributed by atoms with Gasteiger partial charge >= 0.3 is 0 Å². The summed E-state index contributed by atoms with van der Waals surface area (Å²) in [6.07, 6.45) is 0. The Morgan fingerprint density at radius 3 is 2.60 bits per heavy atom. The fraction of sp³-hybridized carbons (Fsp3) is 0.467. The first-order valence-corrected chi connectivity index (χ1v) is 7.06. The van der Waals surface area contributed by atoms with Gasteiger partial charge in [-0.3, -0.25) is 0 Å². The number of nitrogens with one attached hydrogen (secondary N) is 1. The zero-order valence-corrected chi connectivity index (χ0v) is 13.0. The van der Waals surface area contributed by atoms with Gasteiger partial charge in [0.2, 0.25) is 5.89 Å². The van der Waals surface area contributed by atoms with Crippen LogP contribution in [0.15, 0.2) is 28.8 Å². The lowest BCUT2D eigenvalue weighted by Crippen LogP contribution is -2.19. The second kappa shape index (κ2) is 5.94. The van der Waals surface area contributed by atoms with Crippen LogP contribution in [-0.4, -0.2) is 10.1 Å². The van der Waals surface area contributed by atoms with Crippen molar-refractivity contribution in [3.8, 4) is 0 Å². The summed E-state index contributed by atoms with van der Waals surface area (Å²) in [6.45, 7) is 8.83. The largest absolute Gasteiger partial charge is 0.338 e. The van der Waals surface area contributed by atoms with Gasteiger partial charge in [0.25, 0.3) is 0 Å². The zero-order chi connectivity index (χ0) is 14.8. The highest BCUT2D eigenvalue weighted by Gasteiger charge is 2.22. The van der Waals surface area contributed by atoms with E-state index < -0.39 is 0 Å². The smallest absolute Gasteiger partial charge is 0.243 e. The first-order valence-electron chi connectivity index (χ1n) is 6.69. The van der Waals surface area contributed by atoms with Crippen LogP contribution in [0.1, 0.15) is 51.0 Å². The third-order valence-electron chi connectivity index (χ3n) is 3.04. The van der Waals surface area contributed by atoms with Crippen LogP contribution in [0.5, 0.6) is 0 Å². The molecule has 1 atom stereocenters. The summed E-state index contributed by atoms with van der Waals surface area (Å²) in [6, 6.07) is 7.75. The Labute approximate surface area is 124 Å². The van der Waals surface area contributed by atoms with Crippen molar-refractivity contribution in [1.82, 2.24) is 15.5 Å². The van der Waals surface area contributed by atoms with E-state index in [4.69, 9.17) is 16.1 Å². The fourth-order valence-electron chi connectivity index (χ4n) is 1.71. The lowest BCUT2D eigenvalue weighted by atomic mass is 9.96. The summed E-state index contributed by atoms with van der Waals surface area (Å²) >= 11 is 6.13. The number of nitrogens with zero attached hydrogens (tertiary/aromatic N) is 2. The van der Waals surface area contributed by atoms with Gasteiger partial charge in [0.05, 0.1) is 6.04 Å². The summed E-state index contributed by atoms with van der Waals surface area (Å²) in [5.74, 6) is 1.32. The highest BCUT2D eigenvalue weighted by Crippen LogP contribution is 2.21. The van der Waals surface area contributed by atoms with Crippen molar-refractivity contribution in [3.05, 3.63) is 46.6 Å². The second-order valence-electron chi connectivity index (χ2n) is 5.90. The summed E-state index contributed by atoms with van der Waals surface area (Å²) in [7, 11) is 0. The van der Waals surface area contributed by atoms with Crippen molar-refractivity contribution < 1.29 is 4.52 Å². The maximum Gasteiger partial charge on any atom is 0.243 e. The van der Waals surface area contributed by atoms with Gasteiger partial charge in [0.15, 0.2) is 5.82 Å². The first kappa shape index (κ1) is 15.0. The minimum atomic E-state index is -0.107. The Kier molecular flexibility index (Phi) is 4.45. The Bertz CT molecular complexity index is 574. The molecule has 1 unspecified atom stereocenters. The number of rotatable bonds is 4. The van der Waals surface area contributed by atoms with Gasteiger partial charge in [0, 0.05) is 17.0 Å². The Balaban J connectivity index is 2.00. The van der Waals surface area contributed by atoms with Crippen LogP contribution in [0.4, 0.5) is 0 Å². The van der Waals surface area contributed by atoms with E-state index in [2.05, 4.69) is 36.2 Å². The molecule has 0 saturated carbocycles. The maximum absolute atomic E-state index is 6.13. The third kappa shape index (κ3) is 3.58. The van der Waals surface area contributed by atoms with Crippen molar-refractivity contribution in [2.75, 3.05) is 0 Å². The van der Waals surface area contributed by atoms with Gasteiger partial charge in [-0.1, -0.05) is 55.7 Å². The molecule has 2 aromatic rings. The van der Waals surface area contributed by atoms with Gasteiger partial charge < -0.3 is 9.84 Å². The molecule has 20 heavy (non-hydrogen) atoms. The first-order chi connectivity index (χ1) is 9.38. The molecular formula is C15H20ClN3O. The van der Waals surface area contributed by atoms with E-state index in [0.29, 0.717) is 12.4 Å². The van der Waals surface area contributed by atoms with Crippen molar-refractivity contribution in [2.24, 2.45) is 0 Å². The molecule has 4 nitrogen and oxygen atoms in total. The summed E-state index contributed by atoms with van der Waals surface area (Å²) in [5, 5.41) is 8.13. The topological polar surface area (TPSA) is 51.0 Å². The van der Waals surface area contributed by atoms with Crippen LogP contribution in [0, 0.1) is 0 Å². The molecule has 0 radical (unpaired) electrons. The minimum absolute atomic E-state index is 0.0186. The lowest BCUT2D eigenvalue weighted by Gasteiger charge is -2.12. The molecule has 1 aromatic heterocycles. The predicted octanol–water partition coefficient (Wildman–Crippen LogP) is 3.87. The van der Waals surface area contributed by atoms with E-state index in [0.717, 1.165) is 16.4 Å². The molecule has 0 aliphatic rings. The van der Waals surface area contributed by atoms with Crippen LogP contribution in [0.3, 0.4) is 0 Å². The van der Waals surface area contributed by atoms with E-state index >= 15 is 0 Å². The molecule has 2 rings (SSSR count). The van der Waals surface area contributed by atoms with Gasteiger partial charge in [-0.15, -0.1) is 0 Å². The molecule has 0 amide bonds. The molecule has 0 saturated heterocycles. The Morgan fingerprint density at radius 2 is 2.00 bits per heavy atom. The fourth-order valence-corrected chi connectivity index (χ4v) is 1.91. The zero-order valence-electron chi connectivity index (χ0n) is 12.3. The average molecular weight is 294 g/mol. The average Bonchev–Trinajstić information content (AvgIpc) is 2.87. The molecule has 0 fully saturated rings. The predicted molar refractivity (Wildman–Crippen MR) is 79.7 cm³/mol. The summed E-state index contributed by atoms with van der Waals surface area (Å²) < 4.78 is 5.32. The normalized spacial score (nSPS) is 13.4. The molecule has 108 valence electrons. The van der Waals surface area contributed by atoms with Crippen molar-refractivity contribution in [2.45, 2.75) is 45.7 Å². The van der Waals surface area contributed by atoms with Crippen LogP contribution in [0.25, 0.3) is 0 Å². The number of aromatic nitrogens is 2. The van der Waals surface area contributed by atoms with E-state index in [1.165, 1.54) is 0 Å². The van der Waals surface area contributed by atoms with Crippen LogP contribution < -0.4 is 5.32 Å². The van der Waals surface area contributed by atoms with Gasteiger partial charge in [-0.25, -0.2) is 0 Å². The molecular weight excluding hydrogens is 274 g/mol. The highest BCUT2D eigenvalue weighted by atomic mass is 35.5. The molecule has 5 heteroatoms. The van der Waals surface area contributed by atoms with E-state index in [1.807, 2.05) is 31.2 Å².